The molecule has 1 aliphatic heterocycles. The molecule has 2 amide bonds. The molecule has 0 saturated carbocycles. The summed E-state index contributed by atoms with van der Waals surface area (Å²) in [7, 11) is 1.48. The fourth-order valence-corrected chi connectivity index (χ4v) is 2.82. The third-order valence-electron chi connectivity index (χ3n) is 3.99. The highest BCUT2D eigenvalue weighted by Crippen LogP contribution is 2.37. The summed E-state index contributed by atoms with van der Waals surface area (Å²) in [6.07, 6.45) is 0. The summed E-state index contributed by atoms with van der Waals surface area (Å²) < 4.78 is 10.8. The van der Waals surface area contributed by atoms with E-state index in [0.29, 0.717) is 39.9 Å². The minimum Gasteiger partial charge on any atom is -0.495 e. The van der Waals surface area contributed by atoms with Gasteiger partial charge < -0.3 is 9.15 Å². The monoisotopic (exact) mass is 335 g/mol. The molecule has 0 unspecified atom stereocenters. The lowest BCUT2D eigenvalue weighted by Crippen LogP contribution is -2.29. The molecule has 7 nitrogen and oxygen atoms in total. The Hall–Kier alpha value is -3.48. The number of benzene rings is 2. The van der Waals surface area contributed by atoms with E-state index in [1.807, 2.05) is 0 Å². The van der Waals surface area contributed by atoms with Crippen molar-refractivity contribution >= 4 is 17.5 Å². The maximum absolute atomic E-state index is 12.7. The van der Waals surface area contributed by atoms with Crippen LogP contribution in [0.1, 0.15) is 26.6 Å². The molecule has 3 aromatic rings. The first-order valence-corrected chi connectivity index (χ1v) is 7.56. The van der Waals surface area contributed by atoms with Crippen LogP contribution in [0.4, 0.5) is 5.69 Å². The maximum Gasteiger partial charge on any atom is 0.266 e. The van der Waals surface area contributed by atoms with Gasteiger partial charge >= 0.3 is 0 Å². The molecule has 0 spiro atoms. The second-order valence-corrected chi connectivity index (χ2v) is 5.50. The van der Waals surface area contributed by atoms with Gasteiger partial charge in [-0.25, -0.2) is 4.90 Å². The van der Waals surface area contributed by atoms with E-state index in [1.54, 1.807) is 49.4 Å². The van der Waals surface area contributed by atoms with Gasteiger partial charge in [0.05, 0.1) is 23.9 Å². The fourth-order valence-electron chi connectivity index (χ4n) is 2.82. The van der Waals surface area contributed by atoms with E-state index in [9.17, 15) is 9.59 Å². The number of carbonyl (C=O) groups excluding carboxylic acids is 2. The molecular formula is C18H13N3O4. The Labute approximate surface area is 142 Å². The lowest BCUT2D eigenvalue weighted by Gasteiger charge is -2.18. The highest BCUT2D eigenvalue weighted by atomic mass is 16.5. The number of rotatable bonds is 3. The Morgan fingerprint density at radius 3 is 2.24 bits per heavy atom. The zero-order chi connectivity index (χ0) is 17.6. The number of nitrogens with zero attached hydrogens (tertiary/aromatic N) is 3. The van der Waals surface area contributed by atoms with Gasteiger partial charge in [0, 0.05) is 12.5 Å². The Balaban J connectivity index is 1.85. The second kappa shape index (κ2) is 5.55. The molecule has 0 bridgehead atoms. The quantitative estimate of drug-likeness (QED) is 0.684. The Morgan fingerprint density at radius 1 is 1.00 bits per heavy atom. The van der Waals surface area contributed by atoms with Crippen LogP contribution in [0, 0.1) is 6.92 Å². The lowest BCUT2D eigenvalue weighted by molar-refractivity contribution is 0.0925. The summed E-state index contributed by atoms with van der Waals surface area (Å²) in [5.41, 5.74) is 1.66. The number of hydrogen-bond donors (Lipinski definition) is 0. The van der Waals surface area contributed by atoms with Crippen LogP contribution >= 0.6 is 0 Å². The number of aryl methyl sites for hydroxylation is 1. The Morgan fingerprint density at radius 2 is 1.68 bits per heavy atom. The van der Waals surface area contributed by atoms with Crippen LogP contribution in [0.15, 0.2) is 46.9 Å². The van der Waals surface area contributed by atoms with Gasteiger partial charge in [0.25, 0.3) is 11.8 Å². The van der Waals surface area contributed by atoms with Crippen LogP contribution in [0.3, 0.4) is 0 Å². The average Bonchev–Trinajstić information content (AvgIpc) is 3.17. The second-order valence-electron chi connectivity index (χ2n) is 5.50. The molecule has 0 atom stereocenters. The van der Waals surface area contributed by atoms with Crippen molar-refractivity contribution in [1.82, 2.24) is 10.2 Å². The third-order valence-corrected chi connectivity index (χ3v) is 3.99. The molecule has 1 aromatic heterocycles. The number of methoxy groups -OCH3 is 1. The number of carbonyl (C=O) groups is 2. The van der Waals surface area contributed by atoms with Crippen molar-refractivity contribution in [3.05, 3.63) is 59.5 Å². The van der Waals surface area contributed by atoms with Gasteiger partial charge in [-0.15, -0.1) is 10.2 Å². The number of imide groups is 1. The molecule has 4 rings (SSSR count). The Bertz CT molecular complexity index is 974. The molecular weight excluding hydrogens is 322 g/mol. The zero-order valence-corrected chi connectivity index (χ0v) is 13.5. The van der Waals surface area contributed by atoms with Crippen molar-refractivity contribution in [3.8, 4) is 17.2 Å². The van der Waals surface area contributed by atoms with Crippen molar-refractivity contribution in [2.45, 2.75) is 6.92 Å². The van der Waals surface area contributed by atoms with Crippen molar-refractivity contribution in [2.75, 3.05) is 12.0 Å². The molecule has 1 aliphatic rings. The first-order chi connectivity index (χ1) is 12.1. The van der Waals surface area contributed by atoms with E-state index in [-0.39, 0.29) is 0 Å². The molecule has 0 saturated heterocycles. The molecule has 25 heavy (non-hydrogen) atoms. The minimum atomic E-state index is -0.391. The standard InChI is InChI=1S/C18H13N3O4/c1-10-19-20-16(25-10)11-7-8-15(24-2)14(9-11)21-17(22)12-5-3-4-6-13(12)18(21)23/h3-9H,1-2H3. The zero-order valence-electron chi connectivity index (χ0n) is 13.5. The molecule has 2 aromatic carbocycles. The highest BCUT2D eigenvalue weighted by molar-refractivity contribution is 6.34. The molecule has 0 fully saturated rings. The lowest BCUT2D eigenvalue weighted by atomic mass is 10.1. The molecule has 7 heteroatoms. The maximum atomic E-state index is 12.7. The van der Waals surface area contributed by atoms with Crippen LogP contribution in [0.2, 0.25) is 0 Å². The number of amides is 2. The summed E-state index contributed by atoms with van der Waals surface area (Å²) in [6, 6.07) is 11.7. The van der Waals surface area contributed by atoms with Gasteiger partial charge in [0.2, 0.25) is 11.8 Å². The van der Waals surface area contributed by atoms with Crippen molar-refractivity contribution < 1.29 is 18.7 Å². The summed E-state index contributed by atoms with van der Waals surface area (Å²) in [5.74, 6) is 0.344. The average molecular weight is 335 g/mol. The SMILES string of the molecule is COc1ccc(-c2nnc(C)o2)cc1N1C(=O)c2ccccc2C1=O. The number of aromatic nitrogens is 2. The number of anilines is 1. The summed E-state index contributed by atoms with van der Waals surface area (Å²) in [4.78, 5) is 26.6. The van der Waals surface area contributed by atoms with Gasteiger partial charge in [0.1, 0.15) is 5.75 Å². The van der Waals surface area contributed by atoms with E-state index >= 15 is 0 Å². The van der Waals surface area contributed by atoms with E-state index in [1.165, 1.54) is 7.11 Å². The Kier molecular flexibility index (Phi) is 3.35. The van der Waals surface area contributed by atoms with Gasteiger partial charge in [0.15, 0.2) is 0 Å². The van der Waals surface area contributed by atoms with Crippen LogP contribution in [-0.4, -0.2) is 29.1 Å². The van der Waals surface area contributed by atoms with E-state index < -0.39 is 11.8 Å². The molecule has 2 heterocycles. The highest BCUT2D eigenvalue weighted by Gasteiger charge is 2.38. The summed E-state index contributed by atoms with van der Waals surface area (Å²) >= 11 is 0. The number of fused-ring (bicyclic) bond motifs is 1. The van der Waals surface area contributed by atoms with Gasteiger partial charge in [-0.1, -0.05) is 12.1 Å². The topological polar surface area (TPSA) is 85.5 Å². The predicted octanol–water partition coefficient (Wildman–Crippen LogP) is 2.85. The predicted molar refractivity (Wildman–Crippen MR) is 88.6 cm³/mol. The smallest absolute Gasteiger partial charge is 0.266 e. The van der Waals surface area contributed by atoms with Crippen molar-refractivity contribution in [3.63, 3.8) is 0 Å². The van der Waals surface area contributed by atoms with Crippen LogP contribution in [0.5, 0.6) is 5.75 Å². The van der Waals surface area contributed by atoms with Crippen LogP contribution in [0.25, 0.3) is 11.5 Å². The molecule has 124 valence electrons. The molecule has 0 N–H and O–H groups in total. The first-order valence-electron chi connectivity index (χ1n) is 7.56. The van der Waals surface area contributed by atoms with E-state index in [4.69, 9.17) is 9.15 Å². The van der Waals surface area contributed by atoms with Crippen LogP contribution < -0.4 is 9.64 Å². The van der Waals surface area contributed by atoms with Crippen LogP contribution in [-0.2, 0) is 0 Å². The number of hydrogen-bond acceptors (Lipinski definition) is 6. The van der Waals surface area contributed by atoms with E-state index in [2.05, 4.69) is 10.2 Å². The minimum absolute atomic E-state index is 0.304. The van der Waals surface area contributed by atoms with E-state index in [0.717, 1.165) is 4.90 Å². The first kappa shape index (κ1) is 15.1. The van der Waals surface area contributed by atoms with Gasteiger partial charge in [-0.05, 0) is 30.3 Å². The summed E-state index contributed by atoms with van der Waals surface area (Å²) in [5, 5.41) is 7.77. The third kappa shape index (κ3) is 2.28. The van der Waals surface area contributed by atoms with Crippen molar-refractivity contribution in [2.24, 2.45) is 0 Å². The van der Waals surface area contributed by atoms with Gasteiger partial charge in [-0.3, -0.25) is 9.59 Å². The fraction of sp³-hybridized carbons (Fsp3) is 0.111. The molecule has 0 radical (unpaired) electrons. The summed E-state index contributed by atoms with van der Waals surface area (Å²) in [6.45, 7) is 1.69. The van der Waals surface area contributed by atoms with Crippen molar-refractivity contribution in [1.29, 1.82) is 0 Å². The number of ether oxygens (including phenoxy) is 1. The largest absolute Gasteiger partial charge is 0.495 e. The normalized spacial score (nSPS) is 13.3. The molecule has 0 aliphatic carbocycles. The van der Waals surface area contributed by atoms with Gasteiger partial charge in [-0.2, -0.15) is 0 Å².